The number of hydrogen-bond acceptors (Lipinski definition) is 3. The van der Waals surface area contributed by atoms with Gasteiger partial charge in [0.05, 0.1) is 16.5 Å². The number of fused-ring (bicyclic) bond motifs is 1. The summed E-state index contributed by atoms with van der Waals surface area (Å²) in [6.07, 6.45) is 0. The molecule has 0 saturated carbocycles. The maximum Gasteiger partial charge on any atom is 0.237 e. The van der Waals surface area contributed by atoms with Gasteiger partial charge >= 0.3 is 0 Å². The molecule has 1 atom stereocenters. The molecule has 0 aliphatic rings. The summed E-state index contributed by atoms with van der Waals surface area (Å²) in [4.78, 5) is 13.5. The minimum absolute atomic E-state index is 0.115. The second-order valence-electron chi connectivity index (χ2n) is 5.42. The third kappa shape index (κ3) is 3.58. The lowest BCUT2D eigenvalue weighted by molar-refractivity contribution is -0.115. The fraction of sp³-hybridized carbons (Fsp3) is 0.100. The molecule has 0 aliphatic heterocycles. The zero-order valence-corrected chi connectivity index (χ0v) is 14.0. The normalized spacial score (nSPS) is 11.7. The molecule has 0 aromatic heterocycles. The summed E-state index contributed by atoms with van der Waals surface area (Å²) in [7, 11) is 0. The van der Waals surface area contributed by atoms with Gasteiger partial charge in [0, 0.05) is 4.90 Å². The van der Waals surface area contributed by atoms with Crippen LogP contribution >= 0.6 is 11.8 Å². The number of nitrogens with one attached hydrogen (secondary N) is 1. The lowest BCUT2D eigenvalue weighted by atomic mass is 10.1. The van der Waals surface area contributed by atoms with Gasteiger partial charge in [-0.2, -0.15) is 5.26 Å². The summed E-state index contributed by atoms with van der Waals surface area (Å²) in [5.74, 6) is -0.115. The van der Waals surface area contributed by atoms with Crippen LogP contribution in [-0.4, -0.2) is 11.2 Å². The molecule has 4 heteroatoms. The number of carbonyl (C=O) groups is 1. The van der Waals surface area contributed by atoms with Gasteiger partial charge in [0.15, 0.2) is 0 Å². The van der Waals surface area contributed by atoms with E-state index < -0.39 is 0 Å². The summed E-state index contributed by atoms with van der Waals surface area (Å²) in [6.45, 7) is 1.87. The lowest BCUT2D eigenvalue weighted by Crippen LogP contribution is -2.22. The van der Waals surface area contributed by atoms with E-state index in [0.717, 1.165) is 10.3 Å². The average molecular weight is 332 g/mol. The molecule has 0 saturated heterocycles. The molecule has 0 heterocycles. The number of thioether (sulfide) groups is 1. The van der Waals surface area contributed by atoms with Crippen molar-refractivity contribution in [2.24, 2.45) is 0 Å². The first kappa shape index (κ1) is 16.1. The van der Waals surface area contributed by atoms with E-state index in [9.17, 15) is 4.79 Å². The zero-order chi connectivity index (χ0) is 16.9. The van der Waals surface area contributed by atoms with Crippen LogP contribution in [0, 0.1) is 11.3 Å². The summed E-state index contributed by atoms with van der Waals surface area (Å²) in [6, 6.07) is 23.4. The molecular formula is C20H16N2OS. The molecule has 3 rings (SSSR count). The van der Waals surface area contributed by atoms with Crippen LogP contribution < -0.4 is 5.32 Å². The van der Waals surface area contributed by atoms with Gasteiger partial charge in [-0.1, -0.05) is 42.5 Å². The first-order chi connectivity index (χ1) is 11.7. The minimum atomic E-state index is -0.266. The van der Waals surface area contributed by atoms with E-state index in [2.05, 4.69) is 35.7 Å². The number of carbonyl (C=O) groups excluding carboxylic acids is 1. The van der Waals surface area contributed by atoms with E-state index in [1.165, 1.54) is 17.1 Å². The molecule has 0 spiro atoms. The number of nitriles is 1. The molecule has 1 N–H and O–H groups in total. The Morgan fingerprint density at radius 2 is 1.75 bits per heavy atom. The van der Waals surface area contributed by atoms with Crippen LogP contribution in [0.4, 0.5) is 5.69 Å². The van der Waals surface area contributed by atoms with Crippen molar-refractivity contribution in [2.45, 2.75) is 17.1 Å². The predicted octanol–water partition coefficient (Wildman–Crippen LogP) is 4.83. The maximum atomic E-state index is 12.4. The lowest BCUT2D eigenvalue weighted by Gasteiger charge is -2.13. The highest BCUT2D eigenvalue weighted by Gasteiger charge is 2.16. The Hall–Kier alpha value is -2.77. The zero-order valence-electron chi connectivity index (χ0n) is 13.2. The second-order valence-corrected chi connectivity index (χ2v) is 6.83. The number of nitrogens with zero attached hydrogens (tertiary/aromatic N) is 1. The van der Waals surface area contributed by atoms with Crippen molar-refractivity contribution in [1.82, 2.24) is 0 Å². The summed E-state index contributed by atoms with van der Waals surface area (Å²) < 4.78 is 0. The maximum absolute atomic E-state index is 12.4. The van der Waals surface area contributed by atoms with Crippen LogP contribution in [0.1, 0.15) is 12.5 Å². The Morgan fingerprint density at radius 1 is 1.04 bits per heavy atom. The molecule has 0 unspecified atom stereocenters. The van der Waals surface area contributed by atoms with E-state index in [-0.39, 0.29) is 11.2 Å². The Kier molecular flexibility index (Phi) is 4.83. The third-order valence-electron chi connectivity index (χ3n) is 3.71. The monoisotopic (exact) mass is 332 g/mol. The first-order valence-corrected chi connectivity index (χ1v) is 8.51. The quantitative estimate of drug-likeness (QED) is 0.696. The van der Waals surface area contributed by atoms with Crippen molar-refractivity contribution in [1.29, 1.82) is 5.26 Å². The van der Waals surface area contributed by atoms with Gasteiger partial charge in [-0.05, 0) is 42.0 Å². The molecule has 0 bridgehead atoms. The number of rotatable bonds is 4. The van der Waals surface area contributed by atoms with Gasteiger partial charge in [0.2, 0.25) is 5.91 Å². The number of anilines is 1. The Bertz CT molecular complexity index is 930. The minimum Gasteiger partial charge on any atom is -0.324 e. The Labute approximate surface area is 145 Å². The molecule has 0 fully saturated rings. The smallest absolute Gasteiger partial charge is 0.237 e. The van der Waals surface area contributed by atoms with Gasteiger partial charge < -0.3 is 5.32 Å². The number of benzene rings is 3. The van der Waals surface area contributed by atoms with Gasteiger partial charge in [-0.25, -0.2) is 0 Å². The van der Waals surface area contributed by atoms with E-state index in [0.29, 0.717) is 11.3 Å². The molecule has 0 aliphatic carbocycles. The van der Waals surface area contributed by atoms with Gasteiger partial charge in [-0.3, -0.25) is 4.79 Å². The van der Waals surface area contributed by atoms with Crippen LogP contribution in [0.5, 0.6) is 0 Å². The molecule has 3 nitrogen and oxygen atoms in total. The second kappa shape index (κ2) is 7.20. The highest BCUT2D eigenvalue weighted by Crippen LogP contribution is 2.28. The van der Waals surface area contributed by atoms with Gasteiger partial charge in [0.25, 0.3) is 0 Å². The highest BCUT2D eigenvalue weighted by molar-refractivity contribution is 8.00. The Morgan fingerprint density at radius 3 is 2.54 bits per heavy atom. The molecule has 1 amide bonds. The standard InChI is InChI=1S/C20H16N2OS/c1-14(20(23)22-19-9-5-4-8-17(19)13-21)24-18-11-10-15-6-2-3-7-16(15)12-18/h2-12,14H,1H3,(H,22,23)/t14-/m1/s1. The SMILES string of the molecule is C[C@@H](Sc1ccc2ccccc2c1)C(=O)Nc1ccccc1C#N. The summed E-state index contributed by atoms with van der Waals surface area (Å²) in [5.41, 5.74) is 1.02. The van der Waals surface area contributed by atoms with Crippen molar-refractivity contribution in [3.05, 3.63) is 72.3 Å². The number of hydrogen-bond donors (Lipinski definition) is 1. The van der Waals surface area contributed by atoms with Crippen LogP contribution in [0.3, 0.4) is 0 Å². The fourth-order valence-electron chi connectivity index (χ4n) is 2.42. The van der Waals surface area contributed by atoms with E-state index in [4.69, 9.17) is 5.26 Å². The van der Waals surface area contributed by atoms with Crippen LogP contribution in [-0.2, 0) is 4.79 Å². The molecule has 24 heavy (non-hydrogen) atoms. The van der Waals surface area contributed by atoms with E-state index in [1.54, 1.807) is 24.3 Å². The third-order valence-corrected chi connectivity index (χ3v) is 4.80. The van der Waals surface area contributed by atoms with Crippen LogP contribution in [0.25, 0.3) is 10.8 Å². The van der Waals surface area contributed by atoms with Crippen molar-refractivity contribution in [3.8, 4) is 6.07 Å². The average Bonchev–Trinajstić information content (AvgIpc) is 2.62. The van der Waals surface area contributed by atoms with Crippen LogP contribution in [0.2, 0.25) is 0 Å². The van der Waals surface area contributed by atoms with Crippen molar-refractivity contribution in [3.63, 3.8) is 0 Å². The summed E-state index contributed by atoms with van der Waals surface area (Å²) >= 11 is 1.50. The number of para-hydroxylation sites is 1. The molecular weight excluding hydrogens is 316 g/mol. The molecule has 118 valence electrons. The largest absolute Gasteiger partial charge is 0.324 e. The van der Waals surface area contributed by atoms with Gasteiger partial charge in [-0.15, -0.1) is 11.8 Å². The fourth-order valence-corrected chi connectivity index (χ4v) is 3.34. The molecule has 0 radical (unpaired) electrons. The van der Waals surface area contributed by atoms with E-state index in [1.807, 2.05) is 25.1 Å². The van der Waals surface area contributed by atoms with Crippen LogP contribution in [0.15, 0.2) is 71.6 Å². The van der Waals surface area contributed by atoms with Crippen molar-refractivity contribution < 1.29 is 4.79 Å². The van der Waals surface area contributed by atoms with Crippen molar-refractivity contribution in [2.75, 3.05) is 5.32 Å². The topological polar surface area (TPSA) is 52.9 Å². The van der Waals surface area contributed by atoms with Gasteiger partial charge in [0.1, 0.15) is 6.07 Å². The Balaban J connectivity index is 1.72. The molecule has 3 aromatic rings. The highest BCUT2D eigenvalue weighted by atomic mass is 32.2. The van der Waals surface area contributed by atoms with E-state index >= 15 is 0 Å². The predicted molar refractivity (Wildman–Crippen MR) is 99.1 cm³/mol. The molecule has 3 aromatic carbocycles. The first-order valence-electron chi connectivity index (χ1n) is 7.63. The van der Waals surface area contributed by atoms with Crippen molar-refractivity contribution >= 4 is 34.1 Å². The summed E-state index contributed by atoms with van der Waals surface area (Å²) in [5, 5.41) is 14.0. The number of amides is 1.